The van der Waals surface area contributed by atoms with Gasteiger partial charge in [0.25, 0.3) is 0 Å². The zero-order chi connectivity index (χ0) is 15.2. The summed E-state index contributed by atoms with van der Waals surface area (Å²) >= 11 is 0. The van der Waals surface area contributed by atoms with E-state index in [-0.39, 0.29) is 0 Å². The van der Waals surface area contributed by atoms with Crippen molar-refractivity contribution in [3.63, 3.8) is 0 Å². The smallest absolute Gasteiger partial charge is 0.167 e. The van der Waals surface area contributed by atoms with Gasteiger partial charge in [-0.1, -0.05) is 24.3 Å². The Balaban J connectivity index is 2.15. The maximum atomic E-state index is 9.26. The molecule has 1 aromatic heterocycles. The summed E-state index contributed by atoms with van der Waals surface area (Å²) in [5.41, 5.74) is 4.41. The highest BCUT2D eigenvalue weighted by atomic mass is 16.5. The van der Waals surface area contributed by atoms with Crippen LogP contribution in [0.3, 0.4) is 0 Å². The van der Waals surface area contributed by atoms with Crippen LogP contribution in [0.25, 0.3) is 0 Å². The normalized spacial score (nSPS) is 10.2. The van der Waals surface area contributed by atoms with Crippen LogP contribution in [0.15, 0.2) is 24.3 Å². The molecule has 2 rings (SSSR count). The number of hydrogen-bond acceptors (Lipinski definition) is 5. The van der Waals surface area contributed by atoms with E-state index in [2.05, 4.69) is 27.6 Å². The topological polar surface area (TPSA) is 70.8 Å². The zero-order valence-electron chi connectivity index (χ0n) is 12.5. The van der Waals surface area contributed by atoms with Gasteiger partial charge in [-0.2, -0.15) is 10.4 Å². The summed E-state index contributed by atoms with van der Waals surface area (Å²) < 4.78 is 5.13. The van der Waals surface area contributed by atoms with Crippen molar-refractivity contribution in [2.45, 2.75) is 27.0 Å². The van der Waals surface area contributed by atoms with Crippen molar-refractivity contribution in [3.05, 3.63) is 52.2 Å². The van der Waals surface area contributed by atoms with Gasteiger partial charge in [0.05, 0.1) is 12.3 Å². The molecule has 0 spiro atoms. The lowest BCUT2D eigenvalue weighted by Crippen LogP contribution is -2.07. The van der Waals surface area contributed by atoms with Gasteiger partial charge < -0.3 is 10.1 Å². The highest BCUT2D eigenvalue weighted by Crippen LogP contribution is 2.18. The summed E-state index contributed by atoms with van der Waals surface area (Å²) in [5.74, 6) is 0.526. The molecule has 0 aliphatic rings. The van der Waals surface area contributed by atoms with Crippen LogP contribution in [0.1, 0.15) is 27.9 Å². The second kappa shape index (κ2) is 6.82. The fraction of sp³-hybridized carbons (Fsp3) is 0.312. The molecule has 0 radical (unpaired) electrons. The molecule has 1 aromatic carbocycles. The van der Waals surface area contributed by atoms with Crippen LogP contribution in [0.4, 0.5) is 5.82 Å². The molecule has 108 valence electrons. The number of nitrogens with one attached hydrogen (secondary N) is 1. The van der Waals surface area contributed by atoms with Gasteiger partial charge >= 0.3 is 0 Å². The summed E-state index contributed by atoms with van der Waals surface area (Å²) in [7, 11) is 1.68. The molecule has 0 atom stereocenters. The molecule has 21 heavy (non-hydrogen) atoms. The Morgan fingerprint density at radius 2 is 2.00 bits per heavy atom. The third-order valence-corrected chi connectivity index (χ3v) is 3.33. The Morgan fingerprint density at radius 1 is 1.24 bits per heavy atom. The maximum Gasteiger partial charge on any atom is 0.167 e. The average molecular weight is 282 g/mol. The Hall–Kier alpha value is -2.45. The summed E-state index contributed by atoms with van der Waals surface area (Å²) in [6.07, 6.45) is 0. The van der Waals surface area contributed by atoms with Gasteiger partial charge in [-0.3, -0.25) is 0 Å². The number of rotatable bonds is 5. The number of nitrogens with zero attached hydrogens (tertiary/aromatic N) is 3. The largest absolute Gasteiger partial charge is 0.380 e. The summed E-state index contributed by atoms with van der Waals surface area (Å²) in [4.78, 5) is 0. The van der Waals surface area contributed by atoms with E-state index in [0.717, 1.165) is 22.4 Å². The summed E-state index contributed by atoms with van der Waals surface area (Å²) in [6, 6.07) is 10.3. The third kappa shape index (κ3) is 3.56. The number of nitriles is 1. The standard InChI is InChI=1S/C16H18N4O/c1-11-12(2)19-20-16(15(11)8-17)18-9-13-5-4-6-14(7-13)10-21-3/h4-7H,9-10H2,1-3H3,(H,18,20). The van der Waals surface area contributed by atoms with Gasteiger partial charge in [-0.05, 0) is 30.5 Å². The Kier molecular flexibility index (Phi) is 4.85. The average Bonchev–Trinajstić information content (AvgIpc) is 2.49. The lowest BCUT2D eigenvalue weighted by Gasteiger charge is -2.10. The highest BCUT2D eigenvalue weighted by molar-refractivity contribution is 5.55. The van der Waals surface area contributed by atoms with E-state index in [0.29, 0.717) is 24.5 Å². The molecule has 0 fully saturated rings. The van der Waals surface area contributed by atoms with Crippen LogP contribution in [0.2, 0.25) is 0 Å². The lowest BCUT2D eigenvalue weighted by atomic mass is 10.1. The zero-order valence-corrected chi connectivity index (χ0v) is 12.5. The van der Waals surface area contributed by atoms with Crippen LogP contribution in [0, 0.1) is 25.2 Å². The van der Waals surface area contributed by atoms with Crippen molar-refractivity contribution >= 4 is 5.82 Å². The summed E-state index contributed by atoms with van der Waals surface area (Å²) in [6.45, 7) is 4.90. The Bertz CT molecular complexity index is 676. The van der Waals surface area contributed by atoms with Crippen molar-refractivity contribution in [1.29, 1.82) is 5.26 Å². The highest BCUT2D eigenvalue weighted by Gasteiger charge is 2.10. The monoisotopic (exact) mass is 282 g/mol. The molecule has 1 N–H and O–H groups in total. The van der Waals surface area contributed by atoms with E-state index < -0.39 is 0 Å². The van der Waals surface area contributed by atoms with E-state index in [1.54, 1.807) is 7.11 Å². The van der Waals surface area contributed by atoms with E-state index in [4.69, 9.17) is 4.74 Å². The molecule has 0 bridgehead atoms. The van der Waals surface area contributed by atoms with Crippen molar-refractivity contribution in [2.75, 3.05) is 12.4 Å². The molecule has 0 amide bonds. The summed E-state index contributed by atoms with van der Waals surface area (Å²) in [5, 5.41) is 20.6. The quantitative estimate of drug-likeness (QED) is 0.913. The number of anilines is 1. The molecule has 0 saturated heterocycles. The first-order valence-electron chi connectivity index (χ1n) is 6.70. The molecular formula is C16H18N4O. The first-order valence-corrected chi connectivity index (χ1v) is 6.70. The minimum absolute atomic E-state index is 0.526. The Labute approximate surface area is 124 Å². The number of hydrogen-bond donors (Lipinski definition) is 1. The fourth-order valence-corrected chi connectivity index (χ4v) is 2.05. The Morgan fingerprint density at radius 3 is 2.71 bits per heavy atom. The molecular weight excluding hydrogens is 264 g/mol. The molecule has 0 unspecified atom stereocenters. The van der Waals surface area contributed by atoms with Gasteiger partial charge in [0.15, 0.2) is 5.82 Å². The van der Waals surface area contributed by atoms with Gasteiger partial charge in [0.2, 0.25) is 0 Å². The molecule has 5 heteroatoms. The number of ether oxygens (including phenoxy) is 1. The van der Waals surface area contributed by atoms with E-state index >= 15 is 0 Å². The van der Waals surface area contributed by atoms with Gasteiger partial charge in [-0.15, -0.1) is 5.10 Å². The minimum Gasteiger partial charge on any atom is -0.380 e. The van der Waals surface area contributed by atoms with Crippen molar-refractivity contribution in [3.8, 4) is 6.07 Å². The lowest BCUT2D eigenvalue weighted by molar-refractivity contribution is 0.185. The molecule has 2 aromatic rings. The van der Waals surface area contributed by atoms with Crippen LogP contribution in [-0.4, -0.2) is 17.3 Å². The van der Waals surface area contributed by atoms with Gasteiger partial charge in [0.1, 0.15) is 11.6 Å². The van der Waals surface area contributed by atoms with Gasteiger partial charge in [0, 0.05) is 13.7 Å². The van der Waals surface area contributed by atoms with Crippen LogP contribution < -0.4 is 5.32 Å². The van der Waals surface area contributed by atoms with E-state index in [1.807, 2.05) is 32.0 Å². The second-order valence-electron chi connectivity index (χ2n) is 4.85. The molecule has 0 aliphatic heterocycles. The number of methoxy groups -OCH3 is 1. The predicted octanol–water partition coefficient (Wildman–Crippen LogP) is 2.72. The van der Waals surface area contributed by atoms with Crippen LogP contribution in [-0.2, 0) is 17.9 Å². The number of aromatic nitrogens is 2. The van der Waals surface area contributed by atoms with E-state index in [9.17, 15) is 5.26 Å². The van der Waals surface area contributed by atoms with Crippen molar-refractivity contribution in [1.82, 2.24) is 10.2 Å². The number of benzene rings is 1. The maximum absolute atomic E-state index is 9.26. The predicted molar refractivity (Wildman–Crippen MR) is 80.7 cm³/mol. The molecule has 0 aliphatic carbocycles. The second-order valence-corrected chi connectivity index (χ2v) is 4.85. The molecule has 5 nitrogen and oxygen atoms in total. The van der Waals surface area contributed by atoms with E-state index in [1.165, 1.54) is 0 Å². The van der Waals surface area contributed by atoms with Crippen LogP contribution in [0.5, 0.6) is 0 Å². The van der Waals surface area contributed by atoms with Crippen LogP contribution >= 0.6 is 0 Å². The van der Waals surface area contributed by atoms with Crippen molar-refractivity contribution in [2.24, 2.45) is 0 Å². The third-order valence-electron chi connectivity index (χ3n) is 3.33. The van der Waals surface area contributed by atoms with Gasteiger partial charge in [-0.25, -0.2) is 0 Å². The fourth-order valence-electron chi connectivity index (χ4n) is 2.05. The molecule has 0 saturated carbocycles. The first-order chi connectivity index (χ1) is 10.2. The first kappa shape index (κ1) is 14.9. The molecule has 1 heterocycles. The van der Waals surface area contributed by atoms with Crippen molar-refractivity contribution < 1.29 is 4.74 Å². The SMILES string of the molecule is COCc1cccc(CNc2nnc(C)c(C)c2C#N)c1. The minimum atomic E-state index is 0.526. The number of aryl methyl sites for hydroxylation is 1.